The van der Waals surface area contributed by atoms with E-state index >= 15 is 0 Å². The van der Waals surface area contributed by atoms with Crippen LogP contribution >= 0.6 is 0 Å². The standard InChI is InChI=1S/C13H20N2O/c1-3-5-8-16-13-7-6-12(15-10-13)9-11(14)4-2/h3,6-7,10-11H,1,4-5,8-9,14H2,2H3. The minimum atomic E-state index is 0.194. The molecule has 0 saturated carbocycles. The van der Waals surface area contributed by atoms with Gasteiger partial charge in [0.1, 0.15) is 5.75 Å². The van der Waals surface area contributed by atoms with E-state index in [1.54, 1.807) is 6.20 Å². The van der Waals surface area contributed by atoms with Gasteiger partial charge in [-0.2, -0.15) is 0 Å². The third kappa shape index (κ3) is 4.45. The normalized spacial score (nSPS) is 12.1. The molecule has 0 spiro atoms. The molecule has 1 heterocycles. The minimum Gasteiger partial charge on any atom is -0.492 e. The smallest absolute Gasteiger partial charge is 0.137 e. The second-order valence-corrected chi connectivity index (χ2v) is 3.78. The second-order valence-electron chi connectivity index (χ2n) is 3.78. The van der Waals surface area contributed by atoms with Crippen LogP contribution in [0, 0.1) is 0 Å². The summed E-state index contributed by atoms with van der Waals surface area (Å²) in [5.74, 6) is 0.802. The molecule has 3 heteroatoms. The number of ether oxygens (including phenoxy) is 1. The molecule has 1 aromatic rings. The Bertz CT molecular complexity index is 308. The van der Waals surface area contributed by atoms with Crippen molar-refractivity contribution < 1.29 is 4.74 Å². The zero-order valence-electron chi connectivity index (χ0n) is 9.86. The van der Waals surface area contributed by atoms with Crippen molar-refractivity contribution >= 4 is 0 Å². The molecule has 1 unspecified atom stereocenters. The van der Waals surface area contributed by atoms with E-state index in [2.05, 4.69) is 18.5 Å². The van der Waals surface area contributed by atoms with Crippen LogP contribution in [0.3, 0.4) is 0 Å². The van der Waals surface area contributed by atoms with Gasteiger partial charge in [0.2, 0.25) is 0 Å². The molecule has 1 atom stereocenters. The lowest BCUT2D eigenvalue weighted by Crippen LogP contribution is -2.21. The van der Waals surface area contributed by atoms with Crippen LogP contribution in [-0.4, -0.2) is 17.6 Å². The van der Waals surface area contributed by atoms with E-state index in [0.717, 1.165) is 30.7 Å². The predicted octanol–water partition coefficient (Wildman–Crippen LogP) is 2.32. The first-order chi connectivity index (χ1) is 7.76. The third-order valence-corrected chi connectivity index (χ3v) is 2.38. The topological polar surface area (TPSA) is 48.1 Å². The fourth-order valence-electron chi connectivity index (χ4n) is 1.29. The minimum absolute atomic E-state index is 0.194. The lowest BCUT2D eigenvalue weighted by atomic mass is 10.1. The summed E-state index contributed by atoms with van der Waals surface area (Å²) < 4.78 is 5.47. The molecule has 2 N–H and O–H groups in total. The van der Waals surface area contributed by atoms with Crippen molar-refractivity contribution in [3.05, 3.63) is 36.7 Å². The van der Waals surface area contributed by atoms with Gasteiger partial charge in [0.15, 0.2) is 0 Å². The zero-order chi connectivity index (χ0) is 11.8. The van der Waals surface area contributed by atoms with E-state index in [4.69, 9.17) is 10.5 Å². The number of nitrogens with zero attached hydrogens (tertiary/aromatic N) is 1. The Labute approximate surface area is 97.3 Å². The van der Waals surface area contributed by atoms with Crippen molar-refractivity contribution in [2.45, 2.75) is 32.2 Å². The maximum Gasteiger partial charge on any atom is 0.137 e. The van der Waals surface area contributed by atoms with Gasteiger partial charge in [-0.25, -0.2) is 0 Å². The van der Waals surface area contributed by atoms with Crippen LogP contribution in [0.25, 0.3) is 0 Å². The summed E-state index contributed by atoms with van der Waals surface area (Å²) in [7, 11) is 0. The Kier molecular flexibility index (Phi) is 5.57. The zero-order valence-corrected chi connectivity index (χ0v) is 9.86. The van der Waals surface area contributed by atoms with Gasteiger partial charge in [-0.15, -0.1) is 6.58 Å². The monoisotopic (exact) mass is 220 g/mol. The molecule has 0 aliphatic rings. The van der Waals surface area contributed by atoms with Crippen molar-refractivity contribution in [2.24, 2.45) is 5.73 Å². The SMILES string of the molecule is C=CCCOc1ccc(CC(N)CC)nc1. The van der Waals surface area contributed by atoms with Crippen molar-refractivity contribution in [3.63, 3.8) is 0 Å². The van der Waals surface area contributed by atoms with E-state index in [1.807, 2.05) is 18.2 Å². The molecule has 3 nitrogen and oxygen atoms in total. The van der Waals surface area contributed by atoms with Gasteiger partial charge in [-0.1, -0.05) is 13.0 Å². The third-order valence-electron chi connectivity index (χ3n) is 2.38. The van der Waals surface area contributed by atoms with E-state index in [9.17, 15) is 0 Å². The Morgan fingerprint density at radius 3 is 2.94 bits per heavy atom. The fourth-order valence-corrected chi connectivity index (χ4v) is 1.29. The van der Waals surface area contributed by atoms with Gasteiger partial charge in [0.05, 0.1) is 12.8 Å². The van der Waals surface area contributed by atoms with Crippen LogP contribution in [0.15, 0.2) is 31.0 Å². The van der Waals surface area contributed by atoms with Gasteiger partial charge in [-0.3, -0.25) is 4.98 Å². The van der Waals surface area contributed by atoms with E-state index in [0.29, 0.717) is 6.61 Å². The van der Waals surface area contributed by atoms with E-state index in [1.165, 1.54) is 0 Å². The Hall–Kier alpha value is -1.35. The molecule has 1 rings (SSSR count). The van der Waals surface area contributed by atoms with Crippen LogP contribution in [0.2, 0.25) is 0 Å². The second kappa shape index (κ2) is 7.01. The molecular formula is C13H20N2O. The molecular weight excluding hydrogens is 200 g/mol. The van der Waals surface area contributed by atoms with Crippen LogP contribution in [0.5, 0.6) is 5.75 Å². The molecule has 0 aliphatic heterocycles. The van der Waals surface area contributed by atoms with E-state index < -0.39 is 0 Å². The Balaban J connectivity index is 2.44. The molecule has 0 amide bonds. The molecule has 88 valence electrons. The maximum atomic E-state index is 5.86. The number of nitrogens with two attached hydrogens (primary N) is 1. The summed E-state index contributed by atoms with van der Waals surface area (Å²) in [6.07, 6.45) is 6.23. The Morgan fingerprint density at radius 2 is 2.38 bits per heavy atom. The first kappa shape index (κ1) is 12.7. The summed E-state index contributed by atoms with van der Waals surface area (Å²) in [4.78, 5) is 4.31. The molecule has 0 bridgehead atoms. The van der Waals surface area contributed by atoms with Crippen LogP contribution in [-0.2, 0) is 6.42 Å². The number of hydrogen-bond donors (Lipinski definition) is 1. The van der Waals surface area contributed by atoms with E-state index in [-0.39, 0.29) is 6.04 Å². The Morgan fingerprint density at radius 1 is 1.56 bits per heavy atom. The highest BCUT2D eigenvalue weighted by Gasteiger charge is 2.02. The molecule has 16 heavy (non-hydrogen) atoms. The van der Waals surface area contributed by atoms with Crippen molar-refractivity contribution in [3.8, 4) is 5.75 Å². The molecule has 1 aromatic heterocycles. The number of hydrogen-bond acceptors (Lipinski definition) is 3. The van der Waals surface area contributed by atoms with Gasteiger partial charge in [0.25, 0.3) is 0 Å². The molecule has 0 fully saturated rings. The lowest BCUT2D eigenvalue weighted by molar-refractivity contribution is 0.323. The van der Waals surface area contributed by atoms with Gasteiger partial charge < -0.3 is 10.5 Å². The summed E-state index contributed by atoms with van der Waals surface area (Å²) in [6, 6.07) is 4.10. The average Bonchev–Trinajstić information content (AvgIpc) is 2.31. The maximum absolute atomic E-state index is 5.86. The van der Waals surface area contributed by atoms with Gasteiger partial charge in [0, 0.05) is 18.2 Å². The average molecular weight is 220 g/mol. The molecule has 0 radical (unpaired) electrons. The van der Waals surface area contributed by atoms with Gasteiger partial charge in [-0.05, 0) is 25.0 Å². The fraction of sp³-hybridized carbons (Fsp3) is 0.462. The molecule has 0 aromatic carbocycles. The highest BCUT2D eigenvalue weighted by atomic mass is 16.5. The van der Waals surface area contributed by atoms with Crippen molar-refractivity contribution in [2.75, 3.05) is 6.61 Å². The van der Waals surface area contributed by atoms with Crippen LogP contribution in [0.4, 0.5) is 0 Å². The van der Waals surface area contributed by atoms with Crippen molar-refractivity contribution in [1.29, 1.82) is 0 Å². The van der Waals surface area contributed by atoms with Crippen LogP contribution < -0.4 is 10.5 Å². The summed E-state index contributed by atoms with van der Waals surface area (Å²) in [5.41, 5.74) is 6.88. The largest absolute Gasteiger partial charge is 0.492 e. The number of aromatic nitrogens is 1. The number of pyridine rings is 1. The first-order valence-electron chi connectivity index (χ1n) is 5.70. The summed E-state index contributed by atoms with van der Waals surface area (Å²) in [6.45, 7) is 6.37. The lowest BCUT2D eigenvalue weighted by Gasteiger charge is -2.08. The molecule has 0 aliphatic carbocycles. The summed E-state index contributed by atoms with van der Waals surface area (Å²) >= 11 is 0. The quantitative estimate of drug-likeness (QED) is 0.566. The summed E-state index contributed by atoms with van der Waals surface area (Å²) in [5, 5.41) is 0. The van der Waals surface area contributed by atoms with Crippen molar-refractivity contribution in [1.82, 2.24) is 4.98 Å². The first-order valence-corrected chi connectivity index (χ1v) is 5.70. The number of rotatable bonds is 7. The highest BCUT2D eigenvalue weighted by molar-refractivity contribution is 5.20. The molecule has 0 saturated heterocycles. The van der Waals surface area contributed by atoms with Gasteiger partial charge >= 0.3 is 0 Å². The predicted molar refractivity (Wildman–Crippen MR) is 66.5 cm³/mol. The highest BCUT2D eigenvalue weighted by Crippen LogP contribution is 2.10. The van der Waals surface area contributed by atoms with Crippen LogP contribution in [0.1, 0.15) is 25.5 Å².